The number of carbonyl (C=O) groups excluding carboxylic acids is 1. The fourth-order valence-electron chi connectivity index (χ4n) is 1.83. The van der Waals surface area contributed by atoms with Crippen LogP contribution in [0.2, 0.25) is 5.02 Å². The Morgan fingerprint density at radius 1 is 1.42 bits per heavy atom. The molecule has 5 heteroatoms. The van der Waals surface area contributed by atoms with E-state index >= 15 is 0 Å². The van der Waals surface area contributed by atoms with Gasteiger partial charge in [0.1, 0.15) is 0 Å². The van der Waals surface area contributed by atoms with Crippen LogP contribution < -0.4 is 10.6 Å². The third kappa shape index (κ3) is 5.49. The molecule has 19 heavy (non-hydrogen) atoms. The minimum absolute atomic E-state index is 0.0538. The van der Waals surface area contributed by atoms with Gasteiger partial charge < -0.3 is 15.7 Å². The highest BCUT2D eigenvalue weighted by Crippen LogP contribution is 2.20. The molecule has 1 unspecified atom stereocenters. The van der Waals surface area contributed by atoms with E-state index in [1.165, 1.54) is 0 Å². The average Bonchev–Trinajstić information content (AvgIpc) is 2.36. The van der Waals surface area contributed by atoms with Gasteiger partial charge in [-0.2, -0.15) is 0 Å². The van der Waals surface area contributed by atoms with Crippen LogP contribution in [0.5, 0.6) is 0 Å². The number of benzene rings is 1. The molecule has 2 amide bonds. The number of halogens is 1. The average molecular weight is 285 g/mol. The molecule has 0 aromatic heterocycles. The summed E-state index contributed by atoms with van der Waals surface area (Å²) in [6.45, 7) is 3.92. The standard InChI is InChI=1S/C14H21ClN2O2/c1-3-13(11-5-4-6-12(15)9-11)17-14(19)16-10(2)7-8-18/h4-6,9-10,13,18H,3,7-8H2,1-2H3,(H2,16,17,19)/t10-,13?/m1/s1. The number of amides is 2. The van der Waals surface area contributed by atoms with Gasteiger partial charge in [0.15, 0.2) is 0 Å². The highest BCUT2D eigenvalue weighted by Gasteiger charge is 2.14. The first-order chi connectivity index (χ1) is 9.06. The van der Waals surface area contributed by atoms with Gasteiger partial charge in [-0.1, -0.05) is 30.7 Å². The van der Waals surface area contributed by atoms with Gasteiger partial charge in [0.2, 0.25) is 0 Å². The Hall–Kier alpha value is -1.26. The van der Waals surface area contributed by atoms with Crippen LogP contribution in [0.3, 0.4) is 0 Å². The third-order valence-corrected chi connectivity index (χ3v) is 3.14. The molecule has 1 aromatic carbocycles. The summed E-state index contributed by atoms with van der Waals surface area (Å²) in [6, 6.07) is 7.12. The van der Waals surface area contributed by atoms with Crippen molar-refractivity contribution in [3.8, 4) is 0 Å². The molecular formula is C14H21ClN2O2. The van der Waals surface area contributed by atoms with E-state index in [1.54, 1.807) is 6.07 Å². The number of rotatable bonds is 6. The first-order valence-corrected chi connectivity index (χ1v) is 6.88. The maximum atomic E-state index is 11.8. The number of nitrogens with one attached hydrogen (secondary N) is 2. The Kier molecular flexibility index (Phi) is 6.67. The van der Waals surface area contributed by atoms with Crippen LogP contribution in [-0.2, 0) is 0 Å². The predicted octanol–water partition coefficient (Wildman–Crippen LogP) is 2.86. The van der Waals surface area contributed by atoms with Crippen LogP contribution in [0.15, 0.2) is 24.3 Å². The summed E-state index contributed by atoms with van der Waals surface area (Å²) in [7, 11) is 0. The number of carbonyl (C=O) groups is 1. The molecule has 3 N–H and O–H groups in total. The highest BCUT2D eigenvalue weighted by molar-refractivity contribution is 6.30. The van der Waals surface area contributed by atoms with E-state index in [-0.39, 0.29) is 24.7 Å². The summed E-state index contributed by atoms with van der Waals surface area (Å²) >= 11 is 5.95. The molecule has 0 fully saturated rings. The lowest BCUT2D eigenvalue weighted by atomic mass is 10.1. The predicted molar refractivity (Wildman–Crippen MR) is 77.3 cm³/mol. The van der Waals surface area contributed by atoms with Crippen molar-refractivity contribution in [2.45, 2.75) is 38.8 Å². The summed E-state index contributed by atoms with van der Waals surface area (Å²) in [5, 5.41) is 15.2. The molecule has 0 aliphatic carbocycles. The van der Waals surface area contributed by atoms with Crippen LogP contribution in [0.25, 0.3) is 0 Å². The molecule has 0 spiro atoms. The highest BCUT2D eigenvalue weighted by atomic mass is 35.5. The van der Waals surface area contributed by atoms with Crippen molar-refractivity contribution in [1.29, 1.82) is 0 Å². The van der Waals surface area contributed by atoms with Crippen LogP contribution in [0, 0.1) is 0 Å². The van der Waals surface area contributed by atoms with Gasteiger partial charge in [0.25, 0.3) is 0 Å². The Labute approximate surface area is 119 Å². The lowest BCUT2D eigenvalue weighted by molar-refractivity contribution is 0.227. The molecule has 2 atom stereocenters. The number of aliphatic hydroxyl groups is 1. The maximum Gasteiger partial charge on any atom is 0.315 e. The molecule has 0 aliphatic heterocycles. The van der Waals surface area contributed by atoms with E-state index in [0.717, 1.165) is 12.0 Å². The topological polar surface area (TPSA) is 61.4 Å². The Morgan fingerprint density at radius 2 is 2.16 bits per heavy atom. The second kappa shape index (κ2) is 8.02. The first kappa shape index (κ1) is 15.8. The van der Waals surface area contributed by atoms with Gasteiger partial charge in [-0.25, -0.2) is 4.79 Å². The summed E-state index contributed by atoms with van der Waals surface area (Å²) in [5.41, 5.74) is 0.986. The first-order valence-electron chi connectivity index (χ1n) is 6.50. The number of hydrogen-bond acceptors (Lipinski definition) is 2. The van der Waals surface area contributed by atoms with Crippen molar-refractivity contribution in [2.24, 2.45) is 0 Å². The van der Waals surface area contributed by atoms with Gasteiger partial charge in [-0.3, -0.25) is 0 Å². The summed E-state index contributed by atoms with van der Waals surface area (Å²) in [4.78, 5) is 11.8. The lowest BCUT2D eigenvalue weighted by Gasteiger charge is -2.20. The molecule has 0 saturated heterocycles. The largest absolute Gasteiger partial charge is 0.396 e. The van der Waals surface area contributed by atoms with E-state index in [9.17, 15) is 4.79 Å². The van der Waals surface area contributed by atoms with Crippen LogP contribution in [0.4, 0.5) is 4.79 Å². The van der Waals surface area contributed by atoms with Gasteiger partial charge in [-0.15, -0.1) is 0 Å². The van der Waals surface area contributed by atoms with E-state index in [1.807, 2.05) is 32.0 Å². The maximum absolute atomic E-state index is 11.8. The van der Waals surface area contributed by atoms with Gasteiger partial charge in [0.05, 0.1) is 6.04 Å². The summed E-state index contributed by atoms with van der Waals surface area (Å²) in [5.74, 6) is 0. The van der Waals surface area contributed by atoms with Crippen LogP contribution in [-0.4, -0.2) is 23.8 Å². The minimum atomic E-state index is -0.229. The number of urea groups is 1. The van der Waals surface area contributed by atoms with Crippen molar-refractivity contribution >= 4 is 17.6 Å². The van der Waals surface area contributed by atoms with E-state index in [2.05, 4.69) is 10.6 Å². The Morgan fingerprint density at radius 3 is 2.74 bits per heavy atom. The molecule has 0 heterocycles. The SMILES string of the molecule is CCC(NC(=O)N[C@H](C)CCO)c1cccc(Cl)c1. The fourth-order valence-corrected chi connectivity index (χ4v) is 2.03. The van der Waals surface area contributed by atoms with E-state index in [4.69, 9.17) is 16.7 Å². The molecule has 0 bridgehead atoms. The summed E-state index contributed by atoms with van der Waals surface area (Å²) in [6.07, 6.45) is 1.32. The molecule has 4 nitrogen and oxygen atoms in total. The van der Waals surface area contributed by atoms with Crippen molar-refractivity contribution < 1.29 is 9.90 Å². The molecule has 106 valence electrons. The normalized spacial score (nSPS) is 13.7. The quantitative estimate of drug-likeness (QED) is 0.752. The van der Waals surface area contributed by atoms with Crippen LogP contribution in [0.1, 0.15) is 38.3 Å². The molecular weight excluding hydrogens is 264 g/mol. The monoisotopic (exact) mass is 284 g/mol. The van der Waals surface area contributed by atoms with Gasteiger partial charge >= 0.3 is 6.03 Å². The van der Waals surface area contributed by atoms with Crippen molar-refractivity contribution in [3.05, 3.63) is 34.9 Å². The zero-order valence-corrected chi connectivity index (χ0v) is 12.1. The second-order valence-corrected chi connectivity index (χ2v) is 4.98. The molecule has 0 saturated carbocycles. The summed E-state index contributed by atoms with van der Waals surface area (Å²) < 4.78 is 0. The number of aliphatic hydroxyl groups excluding tert-OH is 1. The zero-order chi connectivity index (χ0) is 14.3. The van der Waals surface area contributed by atoms with Gasteiger partial charge in [0, 0.05) is 17.7 Å². The number of hydrogen-bond donors (Lipinski definition) is 3. The Balaban J connectivity index is 2.59. The fraction of sp³-hybridized carbons (Fsp3) is 0.500. The molecule has 0 radical (unpaired) electrons. The van der Waals surface area contributed by atoms with Crippen molar-refractivity contribution in [3.63, 3.8) is 0 Å². The molecule has 1 rings (SSSR count). The zero-order valence-electron chi connectivity index (χ0n) is 11.3. The molecule has 0 aliphatic rings. The van der Waals surface area contributed by atoms with Crippen LogP contribution >= 0.6 is 11.6 Å². The third-order valence-electron chi connectivity index (χ3n) is 2.90. The smallest absolute Gasteiger partial charge is 0.315 e. The minimum Gasteiger partial charge on any atom is -0.396 e. The molecule has 1 aromatic rings. The second-order valence-electron chi connectivity index (χ2n) is 4.55. The van der Waals surface area contributed by atoms with Crippen molar-refractivity contribution in [1.82, 2.24) is 10.6 Å². The van der Waals surface area contributed by atoms with E-state index in [0.29, 0.717) is 11.4 Å². The van der Waals surface area contributed by atoms with Crippen molar-refractivity contribution in [2.75, 3.05) is 6.61 Å². The van der Waals surface area contributed by atoms with Gasteiger partial charge in [-0.05, 0) is 37.5 Å². The Bertz CT molecular complexity index is 412. The lowest BCUT2D eigenvalue weighted by Crippen LogP contribution is -2.42. The van der Waals surface area contributed by atoms with E-state index < -0.39 is 0 Å².